The quantitative estimate of drug-likeness (QED) is 0.290. The molecule has 0 N–H and O–H groups in total. The Morgan fingerprint density at radius 3 is 2.00 bits per heavy atom. The van der Waals surface area contributed by atoms with Crippen molar-refractivity contribution < 1.29 is 23.1 Å². The molecule has 0 aliphatic rings. The first-order chi connectivity index (χ1) is 9.58. The van der Waals surface area contributed by atoms with Crippen molar-refractivity contribution in [2.24, 2.45) is 0 Å². The van der Waals surface area contributed by atoms with E-state index in [2.05, 4.69) is 6.92 Å². The molecule has 0 atom stereocenters. The molecule has 0 aromatic rings. The van der Waals surface area contributed by atoms with Crippen molar-refractivity contribution in [2.45, 2.75) is 59.3 Å². The first-order valence-corrected chi connectivity index (χ1v) is 9.34. The molecule has 0 fully saturated rings. The Morgan fingerprint density at radius 1 is 0.900 bits per heavy atom. The van der Waals surface area contributed by atoms with Gasteiger partial charge in [0, 0.05) is 0 Å². The van der Waals surface area contributed by atoms with Crippen LogP contribution in [0.3, 0.4) is 0 Å². The highest BCUT2D eigenvalue weighted by atomic mass is 31.2. The van der Waals surface area contributed by atoms with E-state index in [1.807, 2.05) is 0 Å². The molecule has 120 valence electrons. The van der Waals surface area contributed by atoms with Crippen molar-refractivity contribution in [3.63, 3.8) is 0 Å². The fourth-order valence-electron chi connectivity index (χ4n) is 1.79. The number of carbonyl (C=O) groups is 1. The normalized spacial score (nSPS) is 11.6. The highest BCUT2D eigenvalue weighted by molar-refractivity contribution is 7.54. The molecule has 0 aromatic heterocycles. The van der Waals surface area contributed by atoms with Gasteiger partial charge in [-0.05, 0) is 20.3 Å². The van der Waals surface area contributed by atoms with Gasteiger partial charge in [0.05, 0.1) is 19.8 Å². The molecule has 0 aliphatic carbocycles. The molecule has 0 aromatic carbocycles. The molecule has 0 radical (unpaired) electrons. The van der Waals surface area contributed by atoms with Crippen molar-refractivity contribution in [3.8, 4) is 0 Å². The zero-order valence-corrected chi connectivity index (χ0v) is 14.0. The lowest BCUT2D eigenvalue weighted by molar-refractivity contribution is -0.141. The Balaban J connectivity index is 3.77. The van der Waals surface area contributed by atoms with E-state index in [0.717, 1.165) is 12.8 Å². The lowest BCUT2D eigenvalue weighted by Gasteiger charge is -2.16. The van der Waals surface area contributed by atoms with Gasteiger partial charge in [-0.2, -0.15) is 0 Å². The number of hydrogen-bond donors (Lipinski definition) is 0. The van der Waals surface area contributed by atoms with E-state index in [4.69, 9.17) is 13.8 Å². The lowest BCUT2D eigenvalue weighted by atomic mass is 10.1. The average Bonchev–Trinajstić information content (AvgIpc) is 2.38. The first kappa shape index (κ1) is 19.6. The second kappa shape index (κ2) is 12.4. The van der Waals surface area contributed by atoms with Crippen LogP contribution < -0.4 is 0 Å². The third-order valence-corrected chi connectivity index (χ3v) is 4.68. The van der Waals surface area contributed by atoms with E-state index in [1.54, 1.807) is 13.8 Å². The fraction of sp³-hybridized carbons (Fsp3) is 0.929. The third-order valence-electron chi connectivity index (χ3n) is 2.74. The summed E-state index contributed by atoms with van der Waals surface area (Å²) >= 11 is 0. The summed E-state index contributed by atoms with van der Waals surface area (Å²) in [5, 5.41) is 0. The summed E-state index contributed by atoms with van der Waals surface area (Å²) < 4.78 is 27.2. The molecule has 0 rings (SSSR count). The summed E-state index contributed by atoms with van der Waals surface area (Å²) in [5.74, 6) is -0.510. The highest BCUT2D eigenvalue weighted by Crippen LogP contribution is 2.47. The van der Waals surface area contributed by atoms with Crippen molar-refractivity contribution in [1.29, 1.82) is 0 Å². The number of esters is 1. The van der Waals surface area contributed by atoms with Crippen LogP contribution in [0.15, 0.2) is 0 Å². The predicted octanol–water partition coefficient (Wildman–Crippen LogP) is 4.16. The molecule has 0 aliphatic heterocycles. The van der Waals surface area contributed by atoms with Crippen LogP contribution in [0.1, 0.15) is 59.3 Å². The van der Waals surface area contributed by atoms with Crippen LogP contribution in [0.5, 0.6) is 0 Å². The van der Waals surface area contributed by atoms with E-state index >= 15 is 0 Å². The minimum absolute atomic E-state index is 0.252. The first-order valence-electron chi connectivity index (χ1n) is 7.61. The summed E-state index contributed by atoms with van der Waals surface area (Å²) in [6.07, 6.45) is 6.48. The van der Waals surface area contributed by atoms with Crippen molar-refractivity contribution in [1.82, 2.24) is 0 Å². The van der Waals surface area contributed by atoms with Crippen LogP contribution in [0, 0.1) is 0 Å². The molecular formula is C14H29O5P. The largest absolute Gasteiger partial charge is 0.465 e. The van der Waals surface area contributed by atoms with E-state index in [-0.39, 0.29) is 19.4 Å². The minimum atomic E-state index is -3.32. The Bertz CT molecular complexity index is 283. The van der Waals surface area contributed by atoms with Gasteiger partial charge < -0.3 is 13.8 Å². The number of unbranched alkanes of at least 4 members (excludes halogenated alkanes) is 5. The molecule has 0 saturated carbocycles. The Hall–Kier alpha value is -0.380. The molecule has 0 spiro atoms. The van der Waals surface area contributed by atoms with Gasteiger partial charge in [-0.3, -0.25) is 9.36 Å². The third kappa shape index (κ3) is 10.4. The van der Waals surface area contributed by atoms with E-state index < -0.39 is 13.6 Å². The summed E-state index contributed by atoms with van der Waals surface area (Å²) in [4.78, 5) is 11.6. The smallest absolute Gasteiger partial charge is 0.341 e. The van der Waals surface area contributed by atoms with Gasteiger partial charge in [-0.1, -0.05) is 39.0 Å². The van der Waals surface area contributed by atoms with Gasteiger partial charge in [-0.25, -0.2) is 0 Å². The number of carbonyl (C=O) groups excluding carboxylic acids is 1. The summed E-state index contributed by atoms with van der Waals surface area (Å²) in [6, 6.07) is 0. The second-order valence-electron chi connectivity index (χ2n) is 4.59. The molecule has 0 heterocycles. The van der Waals surface area contributed by atoms with Crippen LogP contribution in [-0.2, 0) is 23.1 Å². The van der Waals surface area contributed by atoms with Crippen LogP contribution in [-0.4, -0.2) is 32.0 Å². The van der Waals surface area contributed by atoms with Crippen LogP contribution >= 0.6 is 7.60 Å². The SMILES string of the molecule is CCCCCCCCOC(=O)CP(=O)(OCC)OCC. The van der Waals surface area contributed by atoms with Crippen molar-refractivity contribution in [2.75, 3.05) is 26.0 Å². The maximum Gasteiger partial charge on any atom is 0.341 e. The molecule has 6 heteroatoms. The van der Waals surface area contributed by atoms with Gasteiger partial charge in [0.2, 0.25) is 0 Å². The molecular weight excluding hydrogens is 279 g/mol. The number of hydrogen-bond acceptors (Lipinski definition) is 5. The highest BCUT2D eigenvalue weighted by Gasteiger charge is 2.28. The molecule has 0 unspecified atom stereocenters. The molecule has 0 bridgehead atoms. The number of ether oxygens (including phenoxy) is 1. The van der Waals surface area contributed by atoms with Gasteiger partial charge in [0.1, 0.15) is 6.16 Å². The fourth-order valence-corrected chi connectivity index (χ4v) is 3.25. The van der Waals surface area contributed by atoms with Gasteiger partial charge >= 0.3 is 13.6 Å². The van der Waals surface area contributed by atoms with E-state index in [0.29, 0.717) is 6.61 Å². The second-order valence-corrected chi connectivity index (χ2v) is 6.65. The summed E-state index contributed by atoms with van der Waals surface area (Å²) in [5.41, 5.74) is 0. The molecule has 0 saturated heterocycles. The Kier molecular flexibility index (Phi) is 12.1. The maximum absolute atomic E-state index is 12.1. The predicted molar refractivity (Wildman–Crippen MR) is 80.1 cm³/mol. The number of rotatable bonds is 13. The molecule has 0 amide bonds. The molecule has 5 nitrogen and oxygen atoms in total. The Labute approximate surface area is 122 Å². The summed E-state index contributed by atoms with van der Waals surface area (Å²) in [7, 11) is -3.32. The lowest BCUT2D eigenvalue weighted by Crippen LogP contribution is -2.14. The summed E-state index contributed by atoms with van der Waals surface area (Å²) in [6.45, 7) is 6.49. The van der Waals surface area contributed by atoms with Crippen LogP contribution in [0.25, 0.3) is 0 Å². The van der Waals surface area contributed by atoms with Crippen molar-refractivity contribution >= 4 is 13.6 Å². The average molecular weight is 308 g/mol. The standard InChI is InChI=1S/C14H29O5P/c1-4-7-8-9-10-11-12-17-14(15)13-20(16,18-5-2)19-6-3/h4-13H2,1-3H3. The van der Waals surface area contributed by atoms with Crippen molar-refractivity contribution in [3.05, 3.63) is 0 Å². The Morgan fingerprint density at radius 2 is 1.45 bits per heavy atom. The van der Waals surface area contributed by atoms with E-state index in [1.165, 1.54) is 25.7 Å². The zero-order chi connectivity index (χ0) is 15.3. The zero-order valence-electron chi connectivity index (χ0n) is 13.1. The van der Waals surface area contributed by atoms with Gasteiger partial charge in [0.15, 0.2) is 0 Å². The van der Waals surface area contributed by atoms with Crippen LogP contribution in [0.2, 0.25) is 0 Å². The van der Waals surface area contributed by atoms with Gasteiger partial charge in [-0.15, -0.1) is 0 Å². The maximum atomic E-state index is 12.1. The van der Waals surface area contributed by atoms with Gasteiger partial charge in [0.25, 0.3) is 0 Å². The van der Waals surface area contributed by atoms with Crippen LogP contribution in [0.4, 0.5) is 0 Å². The topological polar surface area (TPSA) is 61.8 Å². The van der Waals surface area contributed by atoms with E-state index in [9.17, 15) is 9.36 Å². The minimum Gasteiger partial charge on any atom is -0.465 e. The monoisotopic (exact) mass is 308 g/mol. The molecule has 20 heavy (non-hydrogen) atoms.